The number of nitrogens with one attached hydrogen (secondary N) is 3. The van der Waals surface area contributed by atoms with Gasteiger partial charge in [-0.05, 0) is 19.1 Å². The highest BCUT2D eigenvalue weighted by Gasteiger charge is 2.28. The Morgan fingerprint density at radius 1 is 1.44 bits per heavy atom. The third-order valence-corrected chi connectivity index (χ3v) is 3.83. The van der Waals surface area contributed by atoms with Gasteiger partial charge in [-0.25, -0.2) is 10.3 Å². The number of methoxy groups -OCH3 is 1. The van der Waals surface area contributed by atoms with E-state index in [1.54, 1.807) is 14.0 Å². The van der Waals surface area contributed by atoms with Gasteiger partial charge in [0.1, 0.15) is 5.69 Å². The van der Waals surface area contributed by atoms with E-state index in [0.29, 0.717) is 0 Å². The van der Waals surface area contributed by atoms with Gasteiger partial charge in [-0.2, -0.15) is 8.78 Å². The molecule has 1 heterocycles. The van der Waals surface area contributed by atoms with E-state index in [-0.39, 0.29) is 34.5 Å². The third kappa shape index (κ3) is 4.46. The summed E-state index contributed by atoms with van der Waals surface area (Å²) in [4.78, 5) is 25.5. The Kier molecular flexibility index (Phi) is 6.58. The van der Waals surface area contributed by atoms with Gasteiger partial charge >= 0.3 is 12.7 Å². The summed E-state index contributed by atoms with van der Waals surface area (Å²) in [5.74, 6) is -0.912. The minimum absolute atomic E-state index is 0.0281. The number of anilines is 1. The fourth-order valence-corrected chi connectivity index (χ4v) is 2.56. The largest absolute Gasteiger partial charge is 0.452 e. The molecule has 148 valence electrons. The van der Waals surface area contributed by atoms with Crippen LogP contribution >= 0.6 is 11.6 Å². The van der Waals surface area contributed by atoms with Crippen molar-refractivity contribution in [2.45, 2.75) is 13.5 Å². The van der Waals surface area contributed by atoms with E-state index in [2.05, 4.69) is 31.0 Å². The minimum atomic E-state index is -3.16. The molecule has 27 heavy (non-hydrogen) atoms. The topological polar surface area (TPSA) is 108 Å². The Bertz CT molecular complexity index is 763. The first-order chi connectivity index (χ1) is 12.8. The van der Waals surface area contributed by atoms with Gasteiger partial charge in [-0.1, -0.05) is 11.6 Å². The normalized spacial score (nSPS) is 13.1. The van der Waals surface area contributed by atoms with E-state index in [1.165, 1.54) is 11.1 Å². The summed E-state index contributed by atoms with van der Waals surface area (Å²) in [6.45, 7) is -1.55. The van der Waals surface area contributed by atoms with Crippen LogP contribution in [0.25, 0.3) is 0 Å². The van der Waals surface area contributed by atoms with E-state index in [0.717, 1.165) is 18.1 Å². The Labute approximate surface area is 158 Å². The van der Waals surface area contributed by atoms with Crippen LogP contribution in [0.15, 0.2) is 17.2 Å². The average molecular weight is 407 g/mol. The second-order valence-electron chi connectivity index (χ2n) is 5.04. The Hall–Kier alpha value is -2.86. The first-order valence-corrected chi connectivity index (χ1v) is 7.94. The van der Waals surface area contributed by atoms with Crippen molar-refractivity contribution in [3.63, 3.8) is 0 Å². The number of hydrogen-bond acceptors (Lipinski definition) is 8. The van der Waals surface area contributed by atoms with Crippen molar-refractivity contribution < 1.29 is 27.8 Å². The SMILES string of the molecule is CCN(C(=O)OC)c1c(OC(F)F)ccc(C(=O)NC2=NNNN2C)c1Cl. The van der Waals surface area contributed by atoms with Crippen molar-refractivity contribution in [1.29, 1.82) is 0 Å². The third-order valence-electron chi connectivity index (χ3n) is 3.44. The van der Waals surface area contributed by atoms with Crippen molar-refractivity contribution in [2.75, 3.05) is 25.6 Å². The molecule has 0 unspecified atom stereocenters. The van der Waals surface area contributed by atoms with Crippen LogP contribution in [-0.4, -0.2) is 50.3 Å². The highest BCUT2D eigenvalue weighted by atomic mass is 35.5. The monoisotopic (exact) mass is 406 g/mol. The first kappa shape index (κ1) is 20.5. The Balaban J connectivity index is 2.46. The molecule has 1 aliphatic heterocycles. The van der Waals surface area contributed by atoms with Gasteiger partial charge in [0.15, 0.2) is 5.75 Å². The number of hydrazine groups is 2. The molecular formula is C14H17ClF2N6O4. The lowest BCUT2D eigenvalue weighted by Crippen LogP contribution is -2.45. The molecule has 0 saturated heterocycles. The quantitative estimate of drug-likeness (QED) is 0.680. The number of hydrazone groups is 1. The standard InChI is InChI=1S/C14H17ClF2N6O4/c1-4-23(14(25)26-3)10-8(27-12(16)17)6-5-7(9(10)15)11(24)18-13-19-20-21-22(13)2/h5-6,12,20-21H,4H2,1-3H3,(H,18,19,24). The van der Waals surface area contributed by atoms with Crippen LogP contribution in [0.4, 0.5) is 19.3 Å². The number of carbonyl (C=O) groups excluding carboxylic acids is 2. The average Bonchev–Trinajstić information content (AvgIpc) is 3.01. The molecule has 0 bridgehead atoms. The molecule has 1 aromatic carbocycles. The van der Waals surface area contributed by atoms with Crippen molar-refractivity contribution in [2.24, 2.45) is 5.10 Å². The smallest absolute Gasteiger partial charge is 0.414 e. The molecule has 2 amide bonds. The lowest BCUT2D eigenvalue weighted by molar-refractivity contribution is -0.0495. The number of ether oxygens (including phenoxy) is 2. The molecule has 0 radical (unpaired) electrons. The molecule has 0 spiro atoms. The van der Waals surface area contributed by atoms with Crippen LogP contribution in [0.3, 0.4) is 0 Å². The summed E-state index contributed by atoms with van der Waals surface area (Å²) in [5.41, 5.74) is 4.73. The van der Waals surface area contributed by atoms with E-state index in [1.807, 2.05) is 0 Å². The molecule has 3 N–H and O–H groups in total. The molecule has 10 nitrogen and oxygen atoms in total. The predicted octanol–water partition coefficient (Wildman–Crippen LogP) is 1.49. The van der Waals surface area contributed by atoms with Gasteiger partial charge in [0, 0.05) is 13.6 Å². The fraction of sp³-hybridized carbons (Fsp3) is 0.357. The van der Waals surface area contributed by atoms with E-state index >= 15 is 0 Å². The summed E-state index contributed by atoms with van der Waals surface area (Å²) < 4.78 is 34.6. The molecule has 0 aromatic heterocycles. The highest BCUT2D eigenvalue weighted by molar-refractivity contribution is 6.37. The number of benzene rings is 1. The van der Waals surface area contributed by atoms with Crippen LogP contribution in [0.2, 0.25) is 5.02 Å². The predicted molar refractivity (Wildman–Crippen MR) is 92.4 cm³/mol. The molecule has 0 aliphatic carbocycles. The summed E-state index contributed by atoms with van der Waals surface area (Å²) >= 11 is 6.27. The number of nitrogens with zero attached hydrogens (tertiary/aromatic N) is 3. The molecule has 0 atom stereocenters. The van der Waals surface area contributed by atoms with Gasteiger partial charge in [0.05, 0.1) is 17.7 Å². The minimum Gasteiger partial charge on any atom is -0.452 e. The van der Waals surface area contributed by atoms with Gasteiger partial charge in [-0.15, -0.1) is 10.6 Å². The molecule has 13 heteroatoms. The van der Waals surface area contributed by atoms with Gasteiger partial charge < -0.3 is 9.47 Å². The number of guanidine groups is 1. The fourth-order valence-electron chi connectivity index (χ4n) is 2.22. The van der Waals surface area contributed by atoms with E-state index in [4.69, 9.17) is 11.6 Å². The summed E-state index contributed by atoms with van der Waals surface area (Å²) in [6.07, 6.45) is -0.857. The zero-order valence-electron chi connectivity index (χ0n) is 14.5. The van der Waals surface area contributed by atoms with Crippen LogP contribution in [0.1, 0.15) is 17.3 Å². The van der Waals surface area contributed by atoms with Crippen molar-refractivity contribution in [1.82, 2.24) is 21.4 Å². The Morgan fingerprint density at radius 3 is 2.67 bits per heavy atom. The van der Waals surface area contributed by atoms with Gasteiger partial charge in [0.2, 0.25) is 5.96 Å². The number of alkyl halides is 2. The lowest BCUT2D eigenvalue weighted by atomic mass is 10.1. The van der Waals surface area contributed by atoms with E-state index < -0.39 is 18.6 Å². The maximum absolute atomic E-state index is 12.7. The van der Waals surface area contributed by atoms with Crippen LogP contribution < -0.4 is 26.0 Å². The van der Waals surface area contributed by atoms with Crippen molar-refractivity contribution >= 4 is 35.2 Å². The molecular weight excluding hydrogens is 390 g/mol. The molecule has 1 aliphatic rings. The molecule has 2 rings (SSSR count). The number of hydrogen-bond donors (Lipinski definition) is 3. The van der Waals surface area contributed by atoms with Crippen LogP contribution in [0, 0.1) is 0 Å². The Morgan fingerprint density at radius 2 is 2.15 bits per heavy atom. The zero-order chi connectivity index (χ0) is 20.1. The summed E-state index contributed by atoms with van der Waals surface area (Å²) in [7, 11) is 2.71. The molecule has 0 fully saturated rings. The van der Waals surface area contributed by atoms with Crippen LogP contribution in [-0.2, 0) is 4.74 Å². The van der Waals surface area contributed by atoms with Crippen molar-refractivity contribution in [3.8, 4) is 5.75 Å². The zero-order valence-corrected chi connectivity index (χ0v) is 15.3. The summed E-state index contributed by atoms with van der Waals surface area (Å²) in [6, 6.07) is 2.31. The van der Waals surface area contributed by atoms with Gasteiger partial charge in [-0.3, -0.25) is 20.0 Å². The van der Waals surface area contributed by atoms with Crippen molar-refractivity contribution in [3.05, 3.63) is 22.7 Å². The maximum Gasteiger partial charge on any atom is 0.414 e. The lowest BCUT2D eigenvalue weighted by Gasteiger charge is -2.24. The number of rotatable bonds is 5. The van der Waals surface area contributed by atoms with E-state index in [9.17, 15) is 18.4 Å². The van der Waals surface area contributed by atoms with Gasteiger partial charge in [0.25, 0.3) is 5.91 Å². The second kappa shape index (κ2) is 8.68. The summed E-state index contributed by atoms with van der Waals surface area (Å²) in [5, 5.41) is 7.38. The number of halogens is 3. The second-order valence-corrected chi connectivity index (χ2v) is 5.42. The van der Waals surface area contributed by atoms with Crippen LogP contribution in [0.5, 0.6) is 5.75 Å². The highest BCUT2D eigenvalue weighted by Crippen LogP contribution is 2.39. The number of carbonyl (C=O) groups is 2. The number of amides is 2. The first-order valence-electron chi connectivity index (χ1n) is 7.56. The molecule has 0 saturated carbocycles. The maximum atomic E-state index is 12.7. The molecule has 1 aromatic rings.